The molecule has 3 aromatic rings. The van der Waals surface area contributed by atoms with Crippen LogP contribution in [-0.2, 0) is 10.9 Å². The molecule has 0 aliphatic carbocycles. The van der Waals surface area contributed by atoms with E-state index in [0.29, 0.717) is 6.61 Å². The highest BCUT2D eigenvalue weighted by atomic mass is 19.4. The molecule has 8 heteroatoms. The predicted octanol–water partition coefficient (Wildman–Crippen LogP) is 4.97. The second-order valence-electron chi connectivity index (χ2n) is 7.12. The number of para-hydroxylation sites is 1. The van der Waals surface area contributed by atoms with Crippen LogP contribution in [0.4, 0.5) is 18.9 Å². The van der Waals surface area contributed by atoms with Crippen LogP contribution >= 0.6 is 0 Å². The van der Waals surface area contributed by atoms with Crippen molar-refractivity contribution in [3.8, 4) is 5.75 Å². The van der Waals surface area contributed by atoms with Crippen molar-refractivity contribution >= 4 is 17.5 Å². The van der Waals surface area contributed by atoms with E-state index in [-0.39, 0.29) is 35.3 Å². The number of imide groups is 1. The van der Waals surface area contributed by atoms with E-state index in [1.807, 2.05) is 0 Å². The maximum Gasteiger partial charge on any atom is 0.416 e. The van der Waals surface area contributed by atoms with Gasteiger partial charge in [0.05, 0.1) is 23.4 Å². The normalized spacial score (nSPS) is 15.2. The van der Waals surface area contributed by atoms with Crippen molar-refractivity contribution in [3.05, 3.63) is 95.6 Å². The highest BCUT2D eigenvalue weighted by Gasteiger charge is 2.34. The fraction of sp³-hybridized carbons (Fsp3) is 0.167. The molecule has 1 unspecified atom stereocenters. The van der Waals surface area contributed by atoms with E-state index in [1.54, 1.807) is 60.7 Å². The number of benzene rings is 3. The summed E-state index contributed by atoms with van der Waals surface area (Å²) in [5.41, 5.74) is -0.582. The van der Waals surface area contributed by atoms with Gasteiger partial charge in [-0.3, -0.25) is 9.59 Å². The molecular formula is C24H18F3NO4. The number of alkyl halides is 3. The van der Waals surface area contributed by atoms with Crippen molar-refractivity contribution in [2.45, 2.75) is 12.3 Å². The maximum absolute atomic E-state index is 13.5. The van der Waals surface area contributed by atoms with Crippen molar-refractivity contribution in [3.63, 3.8) is 0 Å². The lowest BCUT2D eigenvalue weighted by Crippen LogP contribution is -2.37. The molecule has 0 N–H and O–H groups in total. The third-order valence-corrected chi connectivity index (χ3v) is 4.81. The molecule has 2 amide bonds. The number of epoxide rings is 1. The fourth-order valence-corrected chi connectivity index (χ4v) is 3.08. The largest absolute Gasteiger partial charge is 0.490 e. The molecule has 1 heterocycles. The van der Waals surface area contributed by atoms with Crippen LogP contribution in [0, 0.1) is 0 Å². The number of hydrogen-bond donors (Lipinski definition) is 0. The molecule has 1 aliphatic rings. The molecule has 1 atom stereocenters. The number of ether oxygens (including phenoxy) is 2. The summed E-state index contributed by atoms with van der Waals surface area (Å²) < 4.78 is 50.3. The summed E-state index contributed by atoms with van der Waals surface area (Å²) in [6, 6.07) is 18.9. The Morgan fingerprint density at radius 3 is 2.16 bits per heavy atom. The van der Waals surface area contributed by atoms with Gasteiger partial charge in [-0.05, 0) is 42.5 Å². The van der Waals surface area contributed by atoms with Crippen LogP contribution in [0.2, 0.25) is 0 Å². The summed E-state index contributed by atoms with van der Waals surface area (Å²) in [6.45, 7) is 0.435. The molecule has 1 aliphatic heterocycles. The average Bonchev–Trinajstić information content (AvgIpc) is 3.63. The summed E-state index contributed by atoms with van der Waals surface area (Å²) in [7, 11) is 0. The van der Waals surface area contributed by atoms with Gasteiger partial charge in [0.2, 0.25) is 0 Å². The minimum atomic E-state index is -4.62. The van der Waals surface area contributed by atoms with Crippen LogP contribution < -0.4 is 9.64 Å². The van der Waals surface area contributed by atoms with Gasteiger partial charge in [-0.2, -0.15) is 13.2 Å². The van der Waals surface area contributed by atoms with E-state index in [1.165, 1.54) is 0 Å². The first-order valence-electron chi connectivity index (χ1n) is 9.79. The minimum absolute atomic E-state index is 0.000437. The van der Waals surface area contributed by atoms with Crippen LogP contribution in [0.1, 0.15) is 26.3 Å². The highest BCUT2D eigenvalue weighted by molar-refractivity contribution is 6.26. The summed E-state index contributed by atoms with van der Waals surface area (Å²) in [6.07, 6.45) is -4.85. The molecule has 1 saturated heterocycles. The number of nitrogens with zero attached hydrogens (tertiary/aromatic N) is 1. The topological polar surface area (TPSA) is 59.1 Å². The highest BCUT2D eigenvalue weighted by Crippen LogP contribution is 2.34. The summed E-state index contributed by atoms with van der Waals surface area (Å²) in [5.74, 6) is -1.68. The number of rotatable bonds is 6. The minimum Gasteiger partial charge on any atom is -0.490 e. The maximum atomic E-state index is 13.5. The Morgan fingerprint density at radius 1 is 0.938 bits per heavy atom. The van der Waals surface area contributed by atoms with Gasteiger partial charge in [-0.1, -0.05) is 36.4 Å². The summed E-state index contributed by atoms with van der Waals surface area (Å²) in [4.78, 5) is 27.7. The number of amides is 2. The third-order valence-electron chi connectivity index (χ3n) is 4.81. The molecule has 3 aromatic carbocycles. The lowest BCUT2D eigenvalue weighted by molar-refractivity contribution is -0.137. The van der Waals surface area contributed by atoms with Gasteiger partial charge in [0.25, 0.3) is 11.8 Å². The molecule has 0 saturated carbocycles. The van der Waals surface area contributed by atoms with Gasteiger partial charge < -0.3 is 9.47 Å². The second-order valence-corrected chi connectivity index (χ2v) is 7.12. The van der Waals surface area contributed by atoms with Crippen LogP contribution in [0.3, 0.4) is 0 Å². The van der Waals surface area contributed by atoms with E-state index in [4.69, 9.17) is 9.47 Å². The van der Waals surface area contributed by atoms with Crippen molar-refractivity contribution in [1.82, 2.24) is 0 Å². The Hall–Kier alpha value is -3.65. The zero-order valence-electron chi connectivity index (χ0n) is 16.7. The predicted molar refractivity (Wildman–Crippen MR) is 111 cm³/mol. The van der Waals surface area contributed by atoms with Crippen LogP contribution in [0.5, 0.6) is 5.75 Å². The zero-order valence-corrected chi connectivity index (χ0v) is 16.7. The smallest absolute Gasteiger partial charge is 0.416 e. The molecule has 32 heavy (non-hydrogen) atoms. The van der Waals surface area contributed by atoms with Gasteiger partial charge >= 0.3 is 6.18 Å². The number of hydrogen-bond acceptors (Lipinski definition) is 4. The van der Waals surface area contributed by atoms with Gasteiger partial charge in [0.1, 0.15) is 18.5 Å². The first-order valence-corrected chi connectivity index (χ1v) is 9.79. The second kappa shape index (κ2) is 8.84. The summed E-state index contributed by atoms with van der Waals surface area (Å²) >= 11 is 0. The summed E-state index contributed by atoms with van der Waals surface area (Å²) in [5, 5.41) is 0. The Balaban J connectivity index is 1.76. The van der Waals surface area contributed by atoms with Crippen molar-refractivity contribution in [2.24, 2.45) is 0 Å². The van der Waals surface area contributed by atoms with Crippen LogP contribution in [0.25, 0.3) is 0 Å². The average molecular weight is 441 g/mol. The molecule has 164 valence electrons. The molecule has 4 rings (SSSR count). The standard InChI is InChI=1S/C24H18F3NO4/c25-24(26,27)17-11-12-20(21(13-17)32-15-19-14-31-19)23(30)28(18-9-5-2-6-10-18)22(29)16-7-3-1-4-8-16/h1-13,19H,14-15H2. The third kappa shape index (κ3) is 4.81. The SMILES string of the molecule is O=C(c1ccccc1)N(C(=O)c1ccc(C(F)(F)F)cc1OCC1CO1)c1ccccc1. The van der Waals surface area contributed by atoms with Crippen molar-refractivity contribution in [2.75, 3.05) is 18.1 Å². The monoisotopic (exact) mass is 441 g/mol. The molecule has 1 fully saturated rings. The van der Waals surface area contributed by atoms with E-state index in [0.717, 1.165) is 23.1 Å². The lowest BCUT2D eigenvalue weighted by atomic mass is 10.1. The Bertz CT molecular complexity index is 1110. The quantitative estimate of drug-likeness (QED) is 0.400. The Morgan fingerprint density at radius 2 is 1.56 bits per heavy atom. The van der Waals surface area contributed by atoms with Gasteiger partial charge in [-0.15, -0.1) is 0 Å². The van der Waals surface area contributed by atoms with E-state index in [2.05, 4.69) is 0 Å². The van der Waals surface area contributed by atoms with E-state index in [9.17, 15) is 22.8 Å². The number of anilines is 1. The van der Waals surface area contributed by atoms with Crippen molar-refractivity contribution in [1.29, 1.82) is 0 Å². The molecule has 0 aromatic heterocycles. The van der Waals surface area contributed by atoms with E-state index >= 15 is 0 Å². The fourth-order valence-electron chi connectivity index (χ4n) is 3.08. The Labute approximate surface area is 182 Å². The van der Waals surface area contributed by atoms with E-state index < -0.39 is 23.6 Å². The molecule has 0 bridgehead atoms. The number of carbonyl (C=O) groups excluding carboxylic acids is 2. The van der Waals surface area contributed by atoms with Gasteiger partial charge in [0.15, 0.2) is 0 Å². The molecular weight excluding hydrogens is 423 g/mol. The molecule has 5 nitrogen and oxygen atoms in total. The number of halogens is 3. The number of carbonyl (C=O) groups is 2. The first kappa shape index (κ1) is 21.6. The van der Waals surface area contributed by atoms with Crippen LogP contribution in [-0.4, -0.2) is 31.1 Å². The molecule has 0 radical (unpaired) electrons. The Kier molecular flexibility index (Phi) is 5.96. The van der Waals surface area contributed by atoms with Gasteiger partial charge in [0, 0.05) is 5.56 Å². The molecule has 0 spiro atoms. The lowest BCUT2D eigenvalue weighted by Gasteiger charge is -2.23. The van der Waals surface area contributed by atoms with Crippen molar-refractivity contribution < 1.29 is 32.2 Å². The zero-order chi connectivity index (χ0) is 22.7. The van der Waals surface area contributed by atoms with Gasteiger partial charge in [-0.25, -0.2) is 4.90 Å². The first-order chi connectivity index (χ1) is 15.3. The van der Waals surface area contributed by atoms with Crippen LogP contribution in [0.15, 0.2) is 78.9 Å².